The monoisotopic (exact) mass is 356 g/mol. The van der Waals surface area contributed by atoms with Crippen molar-refractivity contribution in [2.45, 2.75) is 0 Å². The van der Waals surface area contributed by atoms with Crippen LogP contribution < -0.4 is 0 Å². The first kappa shape index (κ1) is 14.5. The highest BCUT2D eigenvalue weighted by Crippen LogP contribution is 2.34. The van der Waals surface area contributed by atoms with E-state index in [4.69, 9.17) is 28.3 Å². The fourth-order valence-electron chi connectivity index (χ4n) is 1.65. The zero-order chi connectivity index (χ0) is 15.0. The van der Waals surface area contributed by atoms with E-state index in [-0.39, 0.29) is 5.56 Å². The molecule has 3 rings (SSSR count). The molecule has 3 heterocycles. The van der Waals surface area contributed by atoms with Crippen LogP contribution in [0.1, 0.15) is 10.4 Å². The predicted octanol–water partition coefficient (Wildman–Crippen LogP) is 4.94. The quantitative estimate of drug-likeness (QED) is 0.721. The van der Waals surface area contributed by atoms with Crippen LogP contribution in [0.5, 0.6) is 0 Å². The number of rotatable bonds is 3. The Kier molecular flexibility index (Phi) is 3.95. The second-order valence-corrected chi connectivity index (χ2v) is 6.64. The van der Waals surface area contributed by atoms with Crippen molar-refractivity contribution in [3.8, 4) is 21.3 Å². The number of carboxylic acids is 1. The van der Waals surface area contributed by atoms with Crippen molar-refractivity contribution >= 4 is 51.8 Å². The highest BCUT2D eigenvalue weighted by molar-refractivity contribution is 7.15. The highest BCUT2D eigenvalue weighted by atomic mass is 35.5. The standard InChI is InChI=1S/C13H6Cl2N2O2S2/c14-7-2-8(15)11(16-3-7)12-17-9(5-21-12)10-1-6(4-20-10)13(18)19/h1-5H,(H,18,19). The molecular weight excluding hydrogens is 351 g/mol. The Morgan fingerprint density at radius 3 is 2.67 bits per heavy atom. The Morgan fingerprint density at radius 2 is 2.00 bits per heavy atom. The molecule has 3 aromatic rings. The van der Waals surface area contributed by atoms with E-state index in [1.165, 1.54) is 28.9 Å². The maximum absolute atomic E-state index is 10.9. The number of thiazole rings is 1. The zero-order valence-corrected chi connectivity index (χ0v) is 13.4. The summed E-state index contributed by atoms with van der Waals surface area (Å²) in [6, 6.07) is 3.21. The predicted molar refractivity (Wildman–Crippen MR) is 85.6 cm³/mol. The fourth-order valence-corrected chi connectivity index (χ4v) is 3.92. The lowest BCUT2D eigenvalue weighted by molar-refractivity contribution is 0.0697. The van der Waals surface area contributed by atoms with E-state index in [9.17, 15) is 4.79 Å². The van der Waals surface area contributed by atoms with Crippen LogP contribution in [0.15, 0.2) is 29.1 Å². The molecule has 0 bridgehead atoms. The molecule has 0 spiro atoms. The summed E-state index contributed by atoms with van der Waals surface area (Å²) in [5.41, 5.74) is 1.53. The lowest BCUT2D eigenvalue weighted by Crippen LogP contribution is -1.91. The van der Waals surface area contributed by atoms with Gasteiger partial charge in [0.2, 0.25) is 0 Å². The minimum Gasteiger partial charge on any atom is -0.478 e. The van der Waals surface area contributed by atoms with Gasteiger partial charge in [0, 0.05) is 17.0 Å². The van der Waals surface area contributed by atoms with Gasteiger partial charge in [-0.2, -0.15) is 0 Å². The van der Waals surface area contributed by atoms with Gasteiger partial charge >= 0.3 is 5.97 Å². The summed E-state index contributed by atoms with van der Waals surface area (Å²) in [6.45, 7) is 0. The number of aromatic nitrogens is 2. The minimum atomic E-state index is -0.949. The molecule has 0 amide bonds. The van der Waals surface area contributed by atoms with Gasteiger partial charge in [-0.05, 0) is 12.1 Å². The summed E-state index contributed by atoms with van der Waals surface area (Å²) in [4.78, 5) is 20.3. The van der Waals surface area contributed by atoms with E-state index in [1.807, 2.05) is 5.38 Å². The van der Waals surface area contributed by atoms with Gasteiger partial charge < -0.3 is 5.11 Å². The average Bonchev–Trinajstić information content (AvgIpc) is 3.07. The molecule has 0 saturated carbocycles. The number of pyridine rings is 1. The summed E-state index contributed by atoms with van der Waals surface area (Å²) in [7, 11) is 0. The van der Waals surface area contributed by atoms with E-state index in [0.29, 0.717) is 26.4 Å². The summed E-state index contributed by atoms with van der Waals surface area (Å²) in [5.74, 6) is -0.949. The molecule has 0 aliphatic carbocycles. The van der Waals surface area contributed by atoms with Crippen LogP contribution in [0.3, 0.4) is 0 Å². The summed E-state index contributed by atoms with van der Waals surface area (Å²) in [6.07, 6.45) is 1.51. The zero-order valence-electron chi connectivity index (χ0n) is 10.2. The molecule has 3 aromatic heterocycles. The number of halogens is 2. The number of thiophene rings is 1. The van der Waals surface area contributed by atoms with Gasteiger partial charge in [0.15, 0.2) is 0 Å². The fraction of sp³-hybridized carbons (Fsp3) is 0. The molecule has 0 saturated heterocycles. The van der Waals surface area contributed by atoms with E-state index in [1.54, 1.807) is 17.5 Å². The first-order valence-corrected chi connectivity index (χ1v) is 8.15. The Hall–Kier alpha value is -1.47. The minimum absolute atomic E-state index is 0.257. The first-order chi connectivity index (χ1) is 10.0. The van der Waals surface area contributed by atoms with Crippen LogP contribution in [-0.2, 0) is 0 Å². The molecule has 0 aromatic carbocycles. The van der Waals surface area contributed by atoms with Crippen LogP contribution in [0, 0.1) is 0 Å². The van der Waals surface area contributed by atoms with Gasteiger partial charge in [-0.15, -0.1) is 22.7 Å². The summed E-state index contributed by atoms with van der Waals surface area (Å²) < 4.78 is 0. The second kappa shape index (κ2) is 5.73. The SMILES string of the molecule is O=C(O)c1csc(-c2csc(-c3ncc(Cl)cc3Cl)n2)c1. The van der Waals surface area contributed by atoms with Gasteiger partial charge in [0.1, 0.15) is 10.7 Å². The maximum Gasteiger partial charge on any atom is 0.336 e. The molecule has 8 heteroatoms. The number of carboxylic acid groups (broad SMARTS) is 1. The van der Waals surface area contributed by atoms with Crippen LogP contribution in [0.25, 0.3) is 21.3 Å². The first-order valence-electron chi connectivity index (χ1n) is 5.64. The molecule has 0 aliphatic rings. The highest BCUT2D eigenvalue weighted by Gasteiger charge is 2.14. The Bertz CT molecular complexity index is 829. The number of hydrogen-bond acceptors (Lipinski definition) is 5. The van der Waals surface area contributed by atoms with E-state index < -0.39 is 5.97 Å². The molecule has 0 aliphatic heterocycles. The van der Waals surface area contributed by atoms with E-state index in [0.717, 1.165) is 4.88 Å². The molecule has 4 nitrogen and oxygen atoms in total. The van der Waals surface area contributed by atoms with Crippen LogP contribution in [0.2, 0.25) is 10.0 Å². The normalized spacial score (nSPS) is 10.8. The van der Waals surface area contributed by atoms with Gasteiger partial charge in [-0.1, -0.05) is 23.2 Å². The van der Waals surface area contributed by atoms with Crippen LogP contribution >= 0.6 is 45.9 Å². The topological polar surface area (TPSA) is 63.1 Å². The lowest BCUT2D eigenvalue weighted by atomic mass is 10.3. The van der Waals surface area contributed by atoms with Crippen molar-refractivity contribution in [3.05, 3.63) is 44.7 Å². The molecule has 0 radical (unpaired) electrons. The van der Waals surface area contributed by atoms with Crippen molar-refractivity contribution < 1.29 is 9.90 Å². The third kappa shape index (κ3) is 2.94. The van der Waals surface area contributed by atoms with Crippen LogP contribution in [-0.4, -0.2) is 21.0 Å². The average molecular weight is 357 g/mol. The molecule has 0 unspecified atom stereocenters. The number of hydrogen-bond donors (Lipinski definition) is 1. The second-order valence-electron chi connectivity index (χ2n) is 4.03. The molecule has 106 valence electrons. The van der Waals surface area contributed by atoms with Crippen molar-refractivity contribution in [1.82, 2.24) is 9.97 Å². The maximum atomic E-state index is 10.9. The van der Waals surface area contributed by atoms with Gasteiger partial charge in [0.25, 0.3) is 0 Å². The van der Waals surface area contributed by atoms with Crippen molar-refractivity contribution in [2.24, 2.45) is 0 Å². The summed E-state index contributed by atoms with van der Waals surface area (Å²) >= 11 is 14.7. The van der Waals surface area contributed by atoms with Crippen LogP contribution in [0.4, 0.5) is 0 Å². The van der Waals surface area contributed by atoms with Crippen molar-refractivity contribution in [2.75, 3.05) is 0 Å². The third-order valence-corrected chi connectivity index (χ3v) is 4.91. The molecular formula is C13H6Cl2N2O2S2. The smallest absolute Gasteiger partial charge is 0.336 e. The van der Waals surface area contributed by atoms with Gasteiger partial charge in [-0.3, -0.25) is 4.98 Å². The Balaban J connectivity index is 1.97. The molecule has 21 heavy (non-hydrogen) atoms. The van der Waals surface area contributed by atoms with Gasteiger partial charge in [-0.25, -0.2) is 9.78 Å². The number of aromatic carboxylic acids is 1. The molecule has 1 N–H and O–H groups in total. The number of carbonyl (C=O) groups is 1. The summed E-state index contributed by atoms with van der Waals surface area (Å²) in [5, 5.41) is 13.9. The van der Waals surface area contributed by atoms with Gasteiger partial charge in [0.05, 0.1) is 26.2 Å². The Morgan fingerprint density at radius 1 is 1.19 bits per heavy atom. The number of nitrogens with zero attached hydrogens (tertiary/aromatic N) is 2. The third-order valence-electron chi connectivity index (χ3n) is 2.61. The molecule has 0 atom stereocenters. The van der Waals surface area contributed by atoms with Crippen molar-refractivity contribution in [3.63, 3.8) is 0 Å². The molecule has 0 fully saturated rings. The lowest BCUT2D eigenvalue weighted by Gasteiger charge is -1.99. The Labute approximate surface area is 137 Å². The van der Waals surface area contributed by atoms with E-state index in [2.05, 4.69) is 9.97 Å². The van der Waals surface area contributed by atoms with Crippen molar-refractivity contribution in [1.29, 1.82) is 0 Å². The largest absolute Gasteiger partial charge is 0.478 e. The van der Waals surface area contributed by atoms with E-state index >= 15 is 0 Å².